The van der Waals surface area contributed by atoms with Gasteiger partial charge in [-0.2, -0.15) is 0 Å². The normalized spacial score (nSPS) is 15.1. The SMILES string of the molecule is CCOC(=O)C1CCN(C(=O)COc2cc(C)c3ccc4c(C)cc(S(=O)(=O)[O-])c5ccc2c3c45)CC1. The minimum atomic E-state index is -4.68. The molecular weight excluding hydrogens is 494 g/mol. The van der Waals surface area contributed by atoms with Crippen molar-refractivity contribution in [1.82, 2.24) is 4.90 Å². The Morgan fingerprint density at radius 3 is 2.14 bits per heavy atom. The zero-order valence-electron chi connectivity index (χ0n) is 21.0. The molecule has 0 aliphatic carbocycles. The van der Waals surface area contributed by atoms with Crippen LogP contribution in [0.5, 0.6) is 5.75 Å². The maximum absolute atomic E-state index is 12.9. The van der Waals surface area contributed by atoms with E-state index < -0.39 is 10.1 Å². The predicted molar refractivity (Wildman–Crippen MR) is 139 cm³/mol. The third-order valence-electron chi connectivity index (χ3n) is 7.32. The van der Waals surface area contributed by atoms with E-state index in [1.54, 1.807) is 30.9 Å². The smallest absolute Gasteiger partial charge is 0.309 e. The van der Waals surface area contributed by atoms with Crippen molar-refractivity contribution in [3.8, 4) is 5.75 Å². The van der Waals surface area contributed by atoms with Crippen molar-refractivity contribution < 1.29 is 32.0 Å². The molecule has 9 heteroatoms. The first-order valence-electron chi connectivity index (χ1n) is 12.3. The molecule has 1 saturated heterocycles. The third kappa shape index (κ3) is 4.46. The van der Waals surface area contributed by atoms with Crippen LogP contribution in [0.3, 0.4) is 0 Å². The minimum Gasteiger partial charge on any atom is -0.744 e. The van der Waals surface area contributed by atoms with Crippen molar-refractivity contribution in [1.29, 1.82) is 0 Å². The van der Waals surface area contributed by atoms with Crippen molar-refractivity contribution in [2.45, 2.75) is 38.5 Å². The second kappa shape index (κ2) is 9.46. The van der Waals surface area contributed by atoms with E-state index in [4.69, 9.17) is 9.47 Å². The molecule has 0 N–H and O–H groups in total. The van der Waals surface area contributed by atoms with Gasteiger partial charge in [-0.25, -0.2) is 8.42 Å². The van der Waals surface area contributed by atoms with Crippen LogP contribution >= 0.6 is 0 Å². The number of hydrogen-bond donors (Lipinski definition) is 0. The number of carbonyl (C=O) groups excluding carboxylic acids is 2. The molecule has 0 aromatic heterocycles. The Labute approximate surface area is 215 Å². The summed E-state index contributed by atoms with van der Waals surface area (Å²) in [6.07, 6.45) is 1.12. The van der Waals surface area contributed by atoms with Crippen molar-refractivity contribution in [3.63, 3.8) is 0 Å². The molecule has 1 aliphatic heterocycles. The lowest BCUT2D eigenvalue weighted by Gasteiger charge is -2.30. The molecule has 37 heavy (non-hydrogen) atoms. The first kappa shape index (κ1) is 25.2. The van der Waals surface area contributed by atoms with Crippen LogP contribution in [0.1, 0.15) is 30.9 Å². The van der Waals surface area contributed by atoms with E-state index in [0.29, 0.717) is 54.6 Å². The fourth-order valence-corrected chi connectivity index (χ4v) is 6.21. The lowest BCUT2D eigenvalue weighted by molar-refractivity contribution is -0.151. The zero-order valence-corrected chi connectivity index (χ0v) is 21.8. The van der Waals surface area contributed by atoms with Gasteiger partial charge in [-0.3, -0.25) is 9.59 Å². The van der Waals surface area contributed by atoms with Gasteiger partial charge in [-0.05, 0) is 79.1 Å². The maximum Gasteiger partial charge on any atom is 0.309 e. The van der Waals surface area contributed by atoms with E-state index in [1.165, 1.54) is 6.07 Å². The van der Waals surface area contributed by atoms with Crippen LogP contribution in [0.2, 0.25) is 0 Å². The van der Waals surface area contributed by atoms with Crippen LogP contribution in [0.4, 0.5) is 0 Å². The molecule has 0 atom stereocenters. The number of piperidine rings is 1. The molecule has 0 spiro atoms. The molecule has 0 unspecified atom stereocenters. The number of rotatable bonds is 6. The average molecular weight is 523 g/mol. The quantitative estimate of drug-likeness (QED) is 0.211. The van der Waals surface area contributed by atoms with Crippen molar-refractivity contribution >= 4 is 54.3 Å². The average Bonchev–Trinajstić information content (AvgIpc) is 2.87. The topological polar surface area (TPSA) is 113 Å². The zero-order chi connectivity index (χ0) is 26.5. The third-order valence-corrected chi connectivity index (χ3v) is 8.20. The van der Waals surface area contributed by atoms with Gasteiger partial charge < -0.3 is 18.9 Å². The largest absolute Gasteiger partial charge is 0.744 e. The molecule has 0 bridgehead atoms. The standard InChI is InChI=1S/C28H29NO7S/c1-4-35-28(31)18-9-11-29(12-10-18)25(30)15-36-23-13-16(2)19-5-6-20-17(3)14-24(37(32,33)34)22-8-7-21(23)26(19)27(20)22/h5-8,13-14,18H,4,9-12,15H2,1-3H3,(H,32,33,34)/p-1. The fourth-order valence-electron chi connectivity index (χ4n) is 5.45. The van der Waals surface area contributed by atoms with Gasteiger partial charge in [0.1, 0.15) is 15.9 Å². The van der Waals surface area contributed by atoms with E-state index in [9.17, 15) is 22.6 Å². The van der Waals surface area contributed by atoms with Crippen LogP contribution in [-0.2, 0) is 24.4 Å². The number of amides is 1. The second-order valence-electron chi connectivity index (χ2n) is 9.60. The highest BCUT2D eigenvalue weighted by atomic mass is 32.2. The van der Waals surface area contributed by atoms with Crippen LogP contribution in [0.25, 0.3) is 32.3 Å². The first-order valence-corrected chi connectivity index (χ1v) is 13.8. The van der Waals surface area contributed by atoms with Gasteiger partial charge in [0.25, 0.3) is 5.91 Å². The Morgan fingerprint density at radius 1 is 0.946 bits per heavy atom. The van der Waals surface area contributed by atoms with E-state index in [0.717, 1.165) is 27.1 Å². The highest BCUT2D eigenvalue weighted by molar-refractivity contribution is 7.86. The molecule has 8 nitrogen and oxygen atoms in total. The summed E-state index contributed by atoms with van der Waals surface area (Å²) in [6.45, 7) is 6.61. The number of aryl methyl sites for hydroxylation is 2. The van der Waals surface area contributed by atoms with Crippen molar-refractivity contribution in [3.05, 3.63) is 47.5 Å². The molecule has 1 aliphatic rings. The Balaban J connectivity index is 1.47. The summed E-state index contributed by atoms with van der Waals surface area (Å²) in [6, 6.07) is 10.6. The number of esters is 1. The van der Waals surface area contributed by atoms with Gasteiger partial charge in [-0.15, -0.1) is 0 Å². The van der Waals surface area contributed by atoms with E-state index in [2.05, 4.69) is 0 Å². The first-order chi connectivity index (χ1) is 17.6. The van der Waals surface area contributed by atoms with Crippen LogP contribution in [-0.4, -0.2) is 56.1 Å². The monoisotopic (exact) mass is 522 g/mol. The molecule has 194 valence electrons. The van der Waals surface area contributed by atoms with E-state index in [1.807, 2.05) is 25.1 Å². The van der Waals surface area contributed by atoms with Crippen molar-refractivity contribution in [2.24, 2.45) is 5.92 Å². The van der Waals surface area contributed by atoms with E-state index in [-0.39, 0.29) is 29.3 Å². The summed E-state index contributed by atoms with van der Waals surface area (Å²) in [7, 11) is -4.68. The molecule has 1 heterocycles. The summed E-state index contributed by atoms with van der Waals surface area (Å²) in [5.74, 6) is -0.0435. The van der Waals surface area contributed by atoms with Crippen LogP contribution in [0.15, 0.2) is 41.3 Å². The van der Waals surface area contributed by atoms with Crippen LogP contribution in [0, 0.1) is 19.8 Å². The lowest BCUT2D eigenvalue weighted by atomic mass is 9.90. The van der Waals surface area contributed by atoms with Gasteiger partial charge in [0.15, 0.2) is 6.61 Å². The van der Waals surface area contributed by atoms with Gasteiger partial charge >= 0.3 is 5.97 Å². The molecule has 0 radical (unpaired) electrons. The van der Waals surface area contributed by atoms with E-state index >= 15 is 0 Å². The molecule has 4 aromatic carbocycles. The molecule has 1 amide bonds. The Morgan fingerprint density at radius 2 is 1.51 bits per heavy atom. The van der Waals surface area contributed by atoms with Crippen LogP contribution < -0.4 is 4.74 Å². The number of nitrogens with zero attached hydrogens (tertiary/aromatic N) is 1. The molecule has 1 fully saturated rings. The van der Waals surface area contributed by atoms with Crippen molar-refractivity contribution in [2.75, 3.05) is 26.3 Å². The van der Waals surface area contributed by atoms with Gasteiger partial charge in [0.05, 0.1) is 17.4 Å². The molecular formula is C28H28NO7S-. The summed E-state index contributed by atoms with van der Waals surface area (Å²) >= 11 is 0. The number of benzene rings is 4. The summed E-state index contributed by atoms with van der Waals surface area (Å²) in [4.78, 5) is 26.4. The lowest BCUT2D eigenvalue weighted by Crippen LogP contribution is -2.42. The number of carbonyl (C=O) groups is 2. The van der Waals surface area contributed by atoms with Gasteiger partial charge in [0.2, 0.25) is 0 Å². The Kier molecular flexibility index (Phi) is 6.45. The minimum absolute atomic E-state index is 0.160. The summed E-state index contributed by atoms with van der Waals surface area (Å²) < 4.78 is 47.2. The summed E-state index contributed by atoms with van der Waals surface area (Å²) in [5.41, 5.74) is 1.61. The van der Waals surface area contributed by atoms with Gasteiger partial charge in [-0.1, -0.05) is 18.2 Å². The Hall–Kier alpha value is -3.43. The fraction of sp³-hybridized carbons (Fsp3) is 0.357. The summed E-state index contributed by atoms with van der Waals surface area (Å²) in [5, 5.41) is 4.41. The highest BCUT2D eigenvalue weighted by Gasteiger charge is 2.28. The maximum atomic E-state index is 12.9. The number of ether oxygens (including phenoxy) is 2. The predicted octanol–water partition coefficient (Wildman–Crippen LogP) is 4.29. The molecule has 4 aromatic rings. The highest BCUT2D eigenvalue weighted by Crippen LogP contribution is 2.43. The number of hydrogen-bond acceptors (Lipinski definition) is 7. The van der Waals surface area contributed by atoms with Gasteiger partial charge in [0, 0.05) is 29.2 Å². The second-order valence-corrected chi connectivity index (χ2v) is 11.0. The molecule has 0 saturated carbocycles. The Bertz CT molecular complexity index is 1640. The molecule has 5 rings (SSSR count). The number of likely N-dealkylation sites (tertiary alicyclic amines) is 1.